The summed E-state index contributed by atoms with van der Waals surface area (Å²) in [5.74, 6) is 0.582. The van der Waals surface area contributed by atoms with Crippen LogP contribution in [0.25, 0.3) is 0 Å². The summed E-state index contributed by atoms with van der Waals surface area (Å²) in [6.07, 6.45) is 3.38. The molecule has 1 aromatic carbocycles. The third-order valence-corrected chi connectivity index (χ3v) is 3.28. The van der Waals surface area contributed by atoms with Crippen molar-refractivity contribution in [1.82, 2.24) is 10.3 Å². The highest BCUT2D eigenvalue weighted by Crippen LogP contribution is 2.28. The van der Waals surface area contributed by atoms with Crippen LogP contribution in [0.1, 0.15) is 25.5 Å². The van der Waals surface area contributed by atoms with Crippen LogP contribution in [0.2, 0.25) is 5.02 Å². The minimum atomic E-state index is -0.326. The van der Waals surface area contributed by atoms with Crippen LogP contribution in [-0.4, -0.2) is 17.6 Å². The average Bonchev–Trinajstić information content (AvgIpc) is 2.51. The average molecular weight is 320 g/mol. The lowest BCUT2D eigenvalue weighted by Gasteiger charge is -2.16. The van der Waals surface area contributed by atoms with Crippen molar-refractivity contribution in [3.63, 3.8) is 0 Å². The smallest absolute Gasteiger partial charge is 0.319 e. The Balaban J connectivity index is 2.04. The van der Waals surface area contributed by atoms with Crippen molar-refractivity contribution in [2.45, 2.75) is 19.9 Å². The number of nitrogens with zero attached hydrogens (tertiary/aromatic N) is 1. The van der Waals surface area contributed by atoms with Crippen molar-refractivity contribution in [2.75, 3.05) is 11.9 Å². The topological polar surface area (TPSA) is 63.2 Å². The van der Waals surface area contributed by atoms with Gasteiger partial charge in [-0.2, -0.15) is 0 Å². The van der Waals surface area contributed by atoms with Crippen molar-refractivity contribution >= 4 is 23.3 Å². The van der Waals surface area contributed by atoms with Gasteiger partial charge in [0.05, 0.1) is 18.3 Å². The van der Waals surface area contributed by atoms with E-state index in [1.807, 2.05) is 26.0 Å². The standard InChI is InChI=1S/C16H18ClN3O2/c1-3-22-15-5-4-13(17)10-14(15)20-16(21)19-11(2)12-6-8-18-9-7-12/h4-11H,3H2,1-2H3,(H2,19,20,21). The molecule has 0 aliphatic heterocycles. The predicted octanol–water partition coefficient (Wildman–Crippen LogP) is 4.02. The van der Waals surface area contributed by atoms with E-state index in [-0.39, 0.29) is 12.1 Å². The number of amides is 2. The second-order valence-corrected chi connectivity index (χ2v) is 5.11. The highest BCUT2D eigenvalue weighted by atomic mass is 35.5. The summed E-state index contributed by atoms with van der Waals surface area (Å²) in [7, 11) is 0. The van der Waals surface area contributed by atoms with Crippen molar-refractivity contribution in [3.8, 4) is 5.75 Å². The molecule has 2 rings (SSSR count). The maximum absolute atomic E-state index is 12.1. The van der Waals surface area contributed by atoms with Crippen LogP contribution in [0, 0.1) is 0 Å². The second-order valence-electron chi connectivity index (χ2n) is 4.67. The highest BCUT2D eigenvalue weighted by molar-refractivity contribution is 6.31. The van der Waals surface area contributed by atoms with E-state index < -0.39 is 0 Å². The fourth-order valence-corrected chi connectivity index (χ4v) is 2.14. The summed E-state index contributed by atoms with van der Waals surface area (Å²) >= 11 is 5.97. The van der Waals surface area contributed by atoms with Crippen LogP contribution < -0.4 is 15.4 Å². The minimum Gasteiger partial charge on any atom is -0.492 e. The fraction of sp³-hybridized carbons (Fsp3) is 0.250. The molecule has 1 heterocycles. The maximum atomic E-state index is 12.1. The number of urea groups is 1. The number of hydrogen-bond acceptors (Lipinski definition) is 3. The summed E-state index contributed by atoms with van der Waals surface area (Å²) in [5.41, 5.74) is 1.51. The molecule has 1 atom stereocenters. The zero-order valence-corrected chi connectivity index (χ0v) is 13.2. The van der Waals surface area contributed by atoms with Gasteiger partial charge < -0.3 is 15.4 Å². The van der Waals surface area contributed by atoms with Gasteiger partial charge in [-0.1, -0.05) is 11.6 Å². The number of halogens is 1. The van der Waals surface area contributed by atoms with Crippen molar-refractivity contribution in [1.29, 1.82) is 0 Å². The van der Waals surface area contributed by atoms with Gasteiger partial charge >= 0.3 is 6.03 Å². The molecule has 2 amide bonds. The number of ether oxygens (including phenoxy) is 1. The molecular weight excluding hydrogens is 302 g/mol. The molecule has 2 N–H and O–H groups in total. The Hall–Kier alpha value is -2.27. The first kappa shape index (κ1) is 16.1. The number of carbonyl (C=O) groups excluding carboxylic acids is 1. The number of pyridine rings is 1. The molecule has 0 saturated heterocycles. The van der Waals surface area contributed by atoms with E-state index in [2.05, 4.69) is 15.6 Å². The molecule has 5 nitrogen and oxygen atoms in total. The van der Waals surface area contributed by atoms with Gasteiger partial charge in [0, 0.05) is 17.4 Å². The molecule has 22 heavy (non-hydrogen) atoms. The number of nitrogens with one attached hydrogen (secondary N) is 2. The number of anilines is 1. The van der Waals surface area contributed by atoms with Crippen LogP contribution >= 0.6 is 11.6 Å². The summed E-state index contributed by atoms with van der Waals surface area (Å²) < 4.78 is 5.47. The zero-order chi connectivity index (χ0) is 15.9. The molecule has 0 aliphatic rings. The monoisotopic (exact) mass is 319 g/mol. The normalized spacial score (nSPS) is 11.6. The van der Waals surface area contributed by atoms with E-state index in [0.29, 0.717) is 23.1 Å². The predicted molar refractivity (Wildman–Crippen MR) is 87.4 cm³/mol. The van der Waals surface area contributed by atoms with E-state index in [1.165, 1.54) is 0 Å². The van der Waals surface area contributed by atoms with Crippen LogP contribution in [-0.2, 0) is 0 Å². The Morgan fingerprint density at radius 1 is 1.32 bits per heavy atom. The quantitative estimate of drug-likeness (QED) is 0.875. The lowest BCUT2D eigenvalue weighted by molar-refractivity contribution is 0.249. The van der Waals surface area contributed by atoms with Gasteiger partial charge in [0.25, 0.3) is 0 Å². The first-order valence-electron chi connectivity index (χ1n) is 7.00. The molecule has 0 radical (unpaired) electrons. The third kappa shape index (κ3) is 4.36. The Bertz CT molecular complexity index is 635. The summed E-state index contributed by atoms with van der Waals surface area (Å²) in [6.45, 7) is 4.28. The Morgan fingerprint density at radius 2 is 2.05 bits per heavy atom. The Labute approximate surface area is 134 Å². The van der Waals surface area contributed by atoms with E-state index in [9.17, 15) is 4.79 Å². The molecule has 116 valence electrons. The Morgan fingerprint density at radius 3 is 2.73 bits per heavy atom. The number of hydrogen-bond donors (Lipinski definition) is 2. The van der Waals surface area contributed by atoms with Gasteiger partial charge in [0.1, 0.15) is 5.75 Å². The van der Waals surface area contributed by atoms with Crippen molar-refractivity contribution in [2.24, 2.45) is 0 Å². The molecule has 2 aromatic rings. The van der Waals surface area contributed by atoms with Gasteiger partial charge in [-0.05, 0) is 49.7 Å². The van der Waals surface area contributed by atoms with Crippen molar-refractivity contribution < 1.29 is 9.53 Å². The first-order chi connectivity index (χ1) is 10.6. The Kier molecular flexibility index (Phi) is 5.61. The second kappa shape index (κ2) is 7.66. The molecule has 0 bridgehead atoms. The van der Waals surface area contributed by atoms with Crippen molar-refractivity contribution in [3.05, 3.63) is 53.3 Å². The van der Waals surface area contributed by atoms with E-state index >= 15 is 0 Å². The molecule has 0 fully saturated rings. The molecule has 0 saturated carbocycles. The van der Waals surface area contributed by atoms with Crippen LogP contribution in [0.3, 0.4) is 0 Å². The molecule has 1 aromatic heterocycles. The fourth-order valence-electron chi connectivity index (χ4n) is 1.97. The summed E-state index contributed by atoms with van der Waals surface area (Å²) in [4.78, 5) is 16.1. The molecular formula is C16H18ClN3O2. The van der Waals surface area contributed by atoms with E-state index in [1.54, 1.807) is 30.6 Å². The van der Waals surface area contributed by atoms with Crippen LogP contribution in [0.5, 0.6) is 5.75 Å². The van der Waals surface area contributed by atoms with E-state index in [4.69, 9.17) is 16.3 Å². The zero-order valence-electron chi connectivity index (χ0n) is 12.5. The largest absolute Gasteiger partial charge is 0.492 e. The number of rotatable bonds is 5. The molecule has 0 spiro atoms. The molecule has 1 unspecified atom stereocenters. The lowest BCUT2D eigenvalue weighted by Crippen LogP contribution is -2.31. The van der Waals surface area contributed by atoms with Gasteiger partial charge in [0.2, 0.25) is 0 Å². The molecule has 0 aliphatic carbocycles. The van der Waals surface area contributed by atoms with Crippen LogP contribution in [0.15, 0.2) is 42.7 Å². The number of aromatic nitrogens is 1. The van der Waals surface area contributed by atoms with Gasteiger partial charge in [-0.15, -0.1) is 0 Å². The number of benzene rings is 1. The van der Waals surface area contributed by atoms with E-state index in [0.717, 1.165) is 5.56 Å². The summed E-state index contributed by atoms with van der Waals surface area (Å²) in [6, 6.07) is 8.35. The number of carbonyl (C=O) groups is 1. The van der Waals surface area contributed by atoms with Gasteiger partial charge in [0.15, 0.2) is 0 Å². The summed E-state index contributed by atoms with van der Waals surface area (Å²) in [5, 5.41) is 6.15. The third-order valence-electron chi connectivity index (χ3n) is 3.04. The SMILES string of the molecule is CCOc1ccc(Cl)cc1NC(=O)NC(C)c1ccncc1. The minimum absolute atomic E-state index is 0.141. The highest BCUT2D eigenvalue weighted by Gasteiger charge is 2.12. The van der Waals surface area contributed by atoms with Gasteiger partial charge in [-0.25, -0.2) is 4.79 Å². The first-order valence-corrected chi connectivity index (χ1v) is 7.37. The maximum Gasteiger partial charge on any atom is 0.319 e. The van der Waals surface area contributed by atoms with Crippen LogP contribution in [0.4, 0.5) is 10.5 Å². The molecule has 6 heteroatoms. The lowest BCUT2D eigenvalue weighted by atomic mass is 10.1. The van der Waals surface area contributed by atoms with Gasteiger partial charge in [-0.3, -0.25) is 4.98 Å².